The van der Waals surface area contributed by atoms with E-state index in [1.165, 1.54) is 12.7 Å². The summed E-state index contributed by atoms with van der Waals surface area (Å²) < 4.78 is 16.0. The summed E-state index contributed by atoms with van der Waals surface area (Å²) in [5, 5.41) is 6.74. The average Bonchev–Trinajstić information content (AvgIpc) is 3.17. The molecule has 3 rings (SSSR count). The van der Waals surface area contributed by atoms with Crippen molar-refractivity contribution in [3.8, 4) is 22.8 Å². The molecule has 0 atom stereocenters. The van der Waals surface area contributed by atoms with E-state index >= 15 is 0 Å². The van der Waals surface area contributed by atoms with E-state index in [9.17, 15) is 4.79 Å². The van der Waals surface area contributed by atoms with Crippen LogP contribution in [-0.4, -0.2) is 24.8 Å². The first kappa shape index (κ1) is 18.5. The lowest BCUT2D eigenvalue weighted by molar-refractivity contribution is 0.102. The van der Waals surface area contributed by atoms with E-state index in [0.717, 1.165) is 12.0 Å². The van der Waals surface area contributed by atoms with Gasteiger partial charge in [0.05, 0.1) is 13.7 Å². The van der Waals surface area contributed by atoms with Gasteiger partial charge in [0.1, 0.15) is 5.69 Å². The summed E-state index contributed by atoms with van der Waals surface area (Å²) in [5.41, 5.74) is 3.28. The van der Waals surface area contributed by atoms with Crippen LogP contribution in [0.2, 0.25) is 0 Å². The number of ether oxygens (including phenoxy) is 2. The fourth-order valence-corrected chi connectivity index (χ4v) is 2.65. The smallest absolute Gasteiger partial charge is 0.258 e. The number of carbonyl (C=O) groups excluding carboxylic acids is 1. The third kappa shape index (κ3) is 4.28. The van der Waals surface area contributed by atoms with E-state index < -0.39 is 0 Å². The van der Waals surface area contributed by atoms with Crippen molar-refractivity contribution in [1.82, 2.24) is 5.16 Å². The molecule has 6 nitrogen and oxygen atoms in total. The minimum absolute atomic E-state index is 0.280. The Morgan fingerprint density at radius 1 is 1.07 bits per heavy atom. The first-order valence-corrected chi connectivity index (χ1v) is 8.82. The van der Waals surface area contributed by atoms with Crippen molar-refractivity contribution in [1.29, 1.82) is 0 Å². The Morgan fingerprint density at radius 3 is 2.52 bits per heavy atom. The predicted molar refractivity (Wildman–Crippen MR) is 103 cm³/mol. The van der Waals surface area contributed by atoms with Gasteiger partial charge >= 0.3 is 0 Å². The van der Waals surface area contributed by atoms with E-state index in [1.807, 2.05) is 19.1 Å². The van der Waals surface area contributed by atoms with Gasteiger partial charge < -0.3 is 14.0 Å². The molecular formula is C21H22N2O4. The fraction of sp³-hybridized carbons (Fsp3) is 0.238. The molecule has 2 aromatic carbocycles. The van der Waals surface area contributed by atoms with Gasteiger partial charge in [0, 0.05) is 17.2 Å². The quantitative estimate of drug-likeness (QED) is 0.663. The highest BCUT2D eigenvalue weighted by atomic mass is 16.5. The number of carbonyl (C=O) groups is 1. The van der Waals surface area contributed by atoms with Crippen molar-refractivity contribution in [2.75, 3.05) is 19.0 Å². The average molecular weight is 366 g/mol. The summed E-state index contributed by atoms with van der Waals surface area (Å²) in [6.07, 6.45) is 0.978. The molecule has 1 aromatic heterocycles. The normalized spacial score (nSPS) is 10.5. The molecule has 3 aromatic rings. The van der Waals surface area contributed by atoms with Gasteiger partial charge in [-0.3, -0.25) is 10.1 Å². The zero-order valence-electron chi connectivity index (χ0n) is 15.6. The molecule has 0 spiro atoms. The zero-order chi connectivity index (χ0) is 19.2. The number of amides is 1. The summed E-state index contributed by atoms with van der Waals surface area (Å²) in [5.74, 6) is 1.05. The second-order valence-electron chi connectivity index (χ2n) is 5.88. The number of aromatic nitrogens is 1. The Hall–Kier alpha value is -3.28. The van der Waals surface area contributed by atoms with Crippen LogP contribution in [0.1, 0.15) is 29.8 Å². The Bertz CT molecular complexity index is 916. The Morgan fingerprint density at radius 2 is 1.85 bits per heavy atom. The molecule has 1 heterocycles. The highest BCUT2D eigenvalue weighted by Gasteiger charge is 2.14. The molecule has 0 saturated carbocycles. The van der Waals surface area contributed by atoms with Gasteiger partial charge in [-0.15, -0.1) is 0 Å². The SMILES string of the molecule is CCOc1ccc(C(=O)Nc2cc(-c3ccc(CC)cc3)no2)cc1OC. The molecule has 0 radical (unpaired) electrons. The van der Waals surface area contributed by atoms with E-state index in [0.29, 0.717) is 29.4 Å². The Kier molecular flexibility index (Phi) is 5.76. The lowest BCUT2D eigenvalue weighted by Gasteiger charge is -2.10. The molecule has 0 fully saturated rings. The molecule has 27 heavy (non-hydrogen) atoms. The molecule has 1 amide bonds. The number of benzene rings is 2. The maximum absolute atomic E-state index is 12.5. The van der Waals surface area contributed by atoms with Gasteiger partial charge in [0.25, 0.3) is 5.91 Å². The lowest BCUT2D eigenvalue weighted by atomic mass is 10.1. The van der Waals surface area contributed by atoms with Gasteiger partial charge in [-0.2, -0.15) is 0 Å². The molecule has 0 aliphatic carbocycles. The zero-order valence-corrected chi connectivity index (χ0v) is 15.6. The first-order chi connectivity index (χ1) is 13.1. The molecule has 140 valence electrons. The number of methoxy groups -OCH3 is 1. The number of anilines is 1. The van der Waals surface area contributed by atoms with E-state index in [-0.39, 0.29) is 11.8 Å². The third-order valence-corrected chi connectivity index (χ3v) is 4.13. The monoisotopic (exact) mass is 366 g/mol. The minimum Gasteiger partial charge on any atom is -0.493 e. The summed E-state index contributed by atoms with van der Waals surface area (Å²) in [7, 11) is 1.53. The van der Waals surface area contributed by atoms with Crippen molar-refractivity contribution in [3.63, 3.8) is 0 Å². The van der Waals surface area contributed by atoms with Crippen LogP contribution in [0.5, 0.6) is 11.5 Å². The number of aryl methyl sites for hydroxylation is 1. The number of nitrogens with one attached hydrogen (secondary N) is 1. The highest BCUT2D eigenvalue weighted by Crippen LogP contribution is 2.29. The fourth-order valence-electron chi connectivity index (χ4n) is 2.65. The van der Waals surface area contributed by atoms with Gasteiger partial charge in [0.2, 0.25) is 5.88 Å². The Balaban J connectivity index is 1.73. The van der Waals surface area contributed by atoms with Gasteiger partial charge in [-0.05, 0) is 37.1 Å². The molecule has 6 heteroatoms. The number of hydrogen-bond donors (Lipinski definition) is 1. The molecule has 0 bridgehead atoms. The second-order valence-corrected chi connectivity index (χ2v) is 5.88. The number of rotatable bonds is 7. The highest BCUT2D eigenvalue weighted by molar-refractivity contribution is 6.04. The Labute approximate surface area is 158 Å². The molecular weight excluding hydrogens is 344 g/mol. The lowest BCUT2D eigenvalue weighted by Crippen LogP contribution is -2.11. The molecule has 0 aliphatic heterocycles. The predicted octanol–water partition coefficient (Wildman–Crippen LogP) is 4.56. The molecule has 1 N–H and O–H groups in total. The summed E-state index contributed by atoms with van der Waals surface area (Å²) in [4.78, 5) is 12.5. The summed E-state index contributed by atoms with van der Waals surface area (Å²) >= 11 is 0. The van der Waals surface area contributed by atoms with Crippen LogP contribution in [0, 0.1) is 0 Å². The first-order valence-electron chi connectivity index (χ1n) is 8.82. The van der Waals surface area contributed by atoms with E-state index in [4.69, 9.17) is 14.0 Å². The van der Waals surface area contributed by atoms with Crippen LogP contribution in [-0.2, 0) is 6.42 Å². The maximum atomic E-state index is 12.5. The van der Waals surface area contributed by atoms with Crippen LogP contribution in [0.3, 0.4) is 0 Å². The van der Waals surface area contributed by atoms with Crippen molar-refractivity contribution < 1.29 is 18.8 Å². The minimum atomic E-state index is -0.319. The number of nitrogens with zero attached hydrogens (tertiary/aromatic N) is 1. The van der Waals surface area contributed by atoms with Crippen molar-refractivity contribution in [2.45, 2.75) is 20.3 Å². The van der Waals surface area contributed by atoms with Crippen LogP contribution < -0.4 is 14.8 Å². The third-order valence-electron chi connectivity index (χ3n) is 4.13. The summed E-state index contributed by atoms with van der Waals surface area (Å²) in [6.45, 7) is 4.51. The summed E-state index contributed by atoms with van der Waals surface area (Å²) in [6, 6.07) is 14.8. The number of hydrogen-bond acceptors (Lipinski definition) is 5. The van der Waals surface area contributed by atoms with Crippen LogP contribution in [0.4, 0.5) is 5.88 Å². The second kappa shape index (κ2) is 8.40. The largest absolute Gasteiger partial charge is 0.493 e. The van der Waals surface area contributed by atoms with Crippen molar-refractivity contribution in [3.05, 3.63) is 59.7 Å². The van der Waals surface area contributed by atoms with Crippen LogP contribution >= 0.6 is 0 Å². The van der Waals surface area contributed by atoms with Gasteiger partial charge in [0.15, 0.2) is 11.5 Å². The standard InChI is InChI=1S/C21H22N2O4/c1-4-14-6-8-15(9-7-14)17-13-20(27-23-17)22-21(24)16-10-11-18(26-5-2)19(12-16)25-3/h6-13H,4-5H2,1-3H3,(H,22,24). The van der Waals surface area contributed by atoms with Crippen LogP contribution in [0.15, 0.2) is 53.1 Å². The van der Waals surface area contributed by atoms with Crippen LogP contribution in [0.25, 0.3) is 11.3 Å². The molecule has 0 aliphatic rings. The molecule has 0 unspecified atom stereocenters. The maximum Gasteiger partial charge on any atom is 0.258 e. The van der Waals surface area contributed by atoms with E-state index in [1.54, 1.807) is 24.3 Å². The van der Waals surface area contributed by atoms with Gasteiger partial charge in [-0.1, -0.05) is 36.3 Å². The van der Waals surface area contributed by atoms with E-state index in [2.05, 4.69) is 29.5 Å². The van der Waals surface area contributed by atoms with Crippen molar-refractivity contribution in [2.24, 2.45) is 0 Å². The van der Waals surface area contributed by atoms with Gasteiger partial charge in [-0.25, -0.2) is 0 Å². The van der Waals surface area contributed by atoms with Crippen molar-refractivity contribution >= 4 is 11.8 Å². The topological polar surface area (TPSA) is 73.6 Å². The molecule has 0 saturated heterocycles.